The molecular weight excluding hydrogens is 176 g/mol. The van der Waals surface area contributed by atoms with Gasteiger partial charge in [0.25, 0.3) is 0 Å². The average Bonchev–Trinajstić information content (AvgIpc) is 2.49. The minimum atomic E-state index is -0.269. The first kappa shape index (κ1) is 8.92. The van der Waals surface area contributed by atoms with Gasteiger partial charge in [-0.2, -0.15) is 4.37 Å². The van der Waals surface area contributed by atoms with Crippen molar-refractivity contribution in [1.82, 2.24) is 9.36 Å². The third-order valence-electron chi connectivity index (χ3n) is 1.24. The van der Waals surface area contributed by atoms with Gasteiger partial charge in [0.05, 0.1) is 0 Å². The Bertz CT molecular complexity index is 236. The van der Waals surface area contributed by atoms with E-state index in [0.717, 1.165) is 11.6 Å². The van der Waals surface area contributed by atoms with Crippen molar-refractivity contribution in [3.05, 3.63) is 6.33 Å². The highest BCUT2D eigenvalue weighted by molar-refractivity contribution is 7.09. The summed E-state index contributed by atoms with van der Waals surface area (Å²) in [5.41, 5.74) is 4.96. The summed E-state index contributed by atoms with van der Waals surface area (Å²) in [4.78, 5) is 14.2. The molecule has 0 aromatic carbocycles. The molecule has 12 heavy (non-hydrogen) atoms. The van der Waals surface area contributed by atoms with E-state index in [1.807, 2.05) is 0 Å². The molecule has 0 radical (unpaired) electrons. The molecule has 0 saturated heterocycles. The Morgan fingerprint density at radius 1 is 1.75 bits per heavy atom. The van der Waals surface area contributed by atoms with Crippen LogP contribution in [0.3, 0.4) is 0 Å². The van der Waals surface area contributed by atoms with E-state index in [4.69, 9.17) is 5.73 Å². The molecule has 0 aliphatic rings. The molecule has 1 aromatic heterocycles. The second-order valence-electron chi connectivity index (χ2n) is 2.24. The molecule has 0 unspecified atom stereocenters. The van der Waals surface area contributed by atoms with Crippen molar-refractivity contribution in [3.63, 3.8) is 0 Å². The van der Waals surface area contributed by atoms with Gasteiger partial charge in [0.15, 0.2) is 0 Å². The Labute approximate surface area is 74.2 Å². The Morgan fingerprint density at radius 2 is 2.58 bits per heavy atom. The second kappa shape index (κ2) is 4.66. The Balaban J connectivity index is 2.07. The maximum Gasteiger partial charge on any atom is 0.217 e. The highest BCUT2D eigenvalue weighted by atomic mass is 32.1. The second-order valence-corrected chi connectivity index (χ2v) is 3.02. The molecule has 0 atom stereocenters. The fraction of sp³-hybridized carbons (Fsp3) is 0.500. The molecule has 0 saturated carbocycles. The first-order valence-corrected chi connectivity index (χ1v) is 4.35. The number of amides is 1. The van der Waals surface area contributed by atoms with Gasteiger partial charge in [0.1, 0.15) is 6.33 Å². The summed E-state index contributed by atoms with van der Waals surface area (Å²) in [5.74, 6) is -0.269. The number of rotatable bonds is 5. The van der Waals surface area contributed by atoms with Gasteiger partial charge >= 0.3 is 0 Å². The number of nitrogens with zero attached hydrogens (tertiary/aromatic N) is 2. The minimum absolute atomic E-state index is 0.269. The van der Waals surface area contributed by atoms with Gasteiger partial charge in [0.2, 0.25) is 11.0 Å². The Kier molecular flexibility index (Phi) is 3.46. The zero-order valence-corrected chi connectivity index (χ0v) is 7.30. The van der Waals surface area contributed by atoms with Crippen molar-refractivity contribution in [2.75, 3.05) is 11.9 Å². The maximum absolute atomic E-state index is 10.3. The van der Waals surface area contributed by atoms with Crippen LogP contribution in [0.1, 0.15) is 12.8 Å². The number of anilines is 1. The SMILES string of the molecule is NC(=O)CCCNc1ncns1. The lowest BCUT2D eigenvalue weighted by molar-refractivity contribution is -0.118. The molecule has 0 aliphatic heterocycles. The Morgan fingerprint density at radius 3 is 3.17 bits per heavy atom. The number of primary amides is 1. The lowest BCUT2D eigenvalue weighted by Crippen LogP contribution is -2.12. The van der Waals surface area contributed by atoms with Crippen LogP contribution in [0.2, 0.25) is 0 Å². The van der Waals surface area contributed by atoms with Gasteiger partial charge < -0.3 is 11.1 Å². The smallest absolute Gasteiger partial charge is 0.217 e. The zero-order valence-electron chi connectivity index (χ0n) is 6.49. The van der Waals surface area contributed by atoms with Gasteiger partial charge in [-0.05, 0) is 6.42 Å². The van der Waals surface area contributed by atoms with E-state index in [9.17, 15) is 4.79 Å². The molecule has 1 amide bonds. The van der Waals surface area contributed by atoms with Crippen LogP contribution in [0.5, 0.6) is 0 Å². The van der Waals surface area contributed by atoms with Crippen molar-refractivity contribution >= 4 is 22.6 Å². The number of hydrogen-bond donors (Lipinski definition) is 2. The molecule has 5 nitrogen and oxygen atoms in total. The molecule has 0 aliphatic carbocycles. The van der Waals surface area contributed by atoms with E-state index in [1.54, 1.807) is 0 Å². The highest BCUT2D eigenvalue weighted by Gasteiger charge is 1.96. The molecule has 1 heterocycles. The summed E-state index contributed by atoms with van der Waals surface area (Å²) in [6, 6.07) is 0. The number of hydrogen-bond acceptors (Lipinski definition) is 5. The topological polar surface area (TPSA) is 80.9 Å². The van der Waals surface area contributed by atoms with Crippen LogP contribution >= 0.6 is 11.5 Å². The molecule has 66 valence electrons. The minimum Gasteiger partial charge on any atom is -0.370 e. The first-order chi connectivity index (χ1) is 5.79. The predicted molar refractivity (Wildman–Crippen MR) is 46.8 cm³/mol. The van der Waals surface area contributed by atoms with Gasteiger partial charge in [-0.15, -0.1) is 0 Å². The maximum atomic E-state index is 10.3. The van der Waals surface area contributed by atoms with E-state index < -0.39 is 0 Å². The van der Waals surface area contributed by atoms with Crippen molar-refractivity contribution in [2.24, 2.45) is 5.73 Å². The summed E-state index contributed by atoms with van der Waals surface area (Å²) in [6.07, 6.45) is 2.63. The third-order valence-corrected chi connectivity index (χ3v) is 1.86. The lowest BCUT2D eigenvalue weighted by atomic mass is 10.3. The summed E-state index contributed by atoms with van der Waals surface area (Å²) in [6.45, 7) is 0.706. The summed E-state index contributed by atoms with van der Waals surface area (Å²) in [5, 5.41) is 3.79. The van der Waals surface area contributed by atoms with Crippen LogP contribution in [-0.2, 0) is 4.79 Å². The van der Waals surface area contributed by atoms with Crippen LogP contribution in [0.15, 0.2) is 6.33 Å². The van der Waals surface area contributed by atoms with Crippen molar-refractivity contribution < 1.29 is 4.79 Å². The standard InChI is InChI=1S/C6H10N4OS/c7-5(11)2-1-3-8-6-9-4-10-12-6/h4H,1-3H2,(H2,7,11)(H,8,9,10). The predicted octanol–water partition coefficient (Wildman–Crippen LogP) is 0.215. The van der Waals surface area contributed by atoms with E-state index >= 15 is 0 Å². The van der Waals surface area contributed by atoms with E-state index in [1.165, 1.54) is 17.9 Å². The van der Waals surface area contributed by atoms with Gasteiger partial charge in [0, 0.05) is 24.5 Å². The number of nitrogens with one attached hydrogen (secondary N) is 1. The first-order valence-electron chi connectivity index (χ1n) is 3.58. The van der Waals surface area contributed by atoms with E-state index in [2.05, 4.69) is 14.7 Å². The normalized spacial score (nSPS) is 9.67. The number of nitrogens with two attached hydrogens (primary N) is 1. The van der Waals surface area contributed by atoms with Crippen LogP contribution in [0.4, 0.5) is 5.13 Å². The van der Waals surface area contributed by atoms with E-state index in [0.29, 0.717) is 13.0 Å². The number of aromatic nitrogens is 2. The molecule has 1 aromatic rings. The van der Waals surface area contributed by atoms with Gasteiger partial charge in [-0.3, -0.25) is 4.79 Å². The van der Waals surface area contributed by atoms with Crippen LogP contribution in [0.25, 0.3) is 0 Å². The number of carbonyl (C=O) groups is 1. The molecule has 1 rings (SSSR count). The van der Waals surface area contributed by atoms with Crippen molar-refractivity contribution in [2.45, 2.75) is 12.8 Å². The molecule has 6 heteroatoms. The fourth-order valence-corrected chi connectivity index (χ4v) is 1.16. The molecular formula is C6H10N4OS. The van der Waals surface area contributed by atoms with Gasteiger partial charge in [-0.1, -0.05) is 0 Å². The summed E-state index contributed by atoms with van der Waals surface area (Å²) in [7, 11) is 0. The molecule has 0 fully saturated rings. The third kappa shape index (κ3) is 3.29. The van der Waals surface area contributed by atoms with Crippen LogP contribution < -0.4 is 11.1 Å². The highest BCUT2D eigenvalue weighted by Crippen LogP contribution is 2.05. The largest absolute Gasteiger partial charge is 0.370 e. The van der Waals surface area contributed by atoms with Crippen molar-refractivity contribution in [3.8, 4) is 0 Å². The molecule has 0 spiro atoms. The summed E-state index contributed by atoms with van der Waals surface area (Å²) < 4.78 is 3.81. The van der Waals surface area contributed by atoms with Crippen molar-refractivity contribution in [1.29, 1.82) is 0 Å². The summed E-state index contributed by atoms with van der Waals surface area (Å²) >= 11 is 1.29. The quantitative estimate of drug-likeness (QED) is 0.644. The Hall–Kier alpha value is -1.17. The van der Waals surface area contributed by atoms with Crippen LogP contribution in [-0.4, -0.2) is 21.8 Å². The molecule has 3 N–H and O–H groups in total. The number of carbonyl (C=O) groups excluding carboxylic acids is 1. The zero-order chi connectivity index (χ0) is 8.81. The monoisotopic (exact) mass is 186 g/mol. The average molecular weight is 186 g/mol. The fourth-order valence-electron chi connectivity index (χ4n) is 0.709. The van der Waals surface area contributed by atoms with Crippen LogP contribution in [0, 0.1) is 0 Å². The van der Waals surface area contributed by atoms with Gasteiger partial charge in [-0.25, -0.2) is 4.98 Å². The lowest BCUT2D eigenvalue weighted by Gasteiger charge is -1.98. The van der Waals surface area contributed by atoms with E-state index in [-0.39, 0.29) is 5.91 Å². The molecule has 0 bridgehead atoms.